The Hall–Kier alpha value is -2.82. The normalized spacial score (nSPS) is 21.6. The summed E-state index contributed by atoms with van der Waals surface area (Å²) in [4.78, 5) is 25.1. The van der Waals surface area contributed by atoms with E-state index in [0.717, 1.165) is 28.8 Å². The van der Waals surface area contributed by atoms with Crippen LogP contribution >= 0.6 is 0 Å². The molecule has 0 aliphatic carbocycles. The van der Waals surface area contributed by atoms with Gasteiger partial charge in [-0.15, -0.1) is 0 Å². The molecule has 28 heavy (non-hydrogen) atoms. The van der Waals surface area contributed by atoms with Crippen molar-refractivity contribution >= 4 is 22.6 Å². The second-order valence-corrected chi connectivity index (χ2v) is 8.58. The fourth-order valence-corrected chi connectivity index (χ4v) is 4.41. The van der Waals surface area contributed by atoms with Crippen molar-refractivity contribution in [2.75, 3.05) is 25.0 Å². The minimum absolute atomic E-state index is 0.0198. The molecule has 0 radical (unpaired) electrons. The number of piperidine rings is 1. The number of likely N-dealkylation sites (N-methyl/N-ethyl adjacent to an activating group) is 1. The lowest BCUT2D eigenvalue weighted by Gasteiger charge is -2.51. The summed E-state index contributed by atoms with van der Waals surface area (Å²) in [5, 5.41) is 1.11. The number of hydrogen-bond acceptors (Lipinski definition) is 3. The fourth-order valence-electron chi connectivity index (χ4n) is 4.41. The smallest absolute Gasteiger partial charge is 0.253 e. The van der Waals surface area contributed by atoms with Crippen molar-refractivity contribution in [1.82, 2.24) is 14.9 Å². The van der Waals surface area contributed by atoms with Crippen molar-refractivity contribution in [2.24, 2.45) is 11.3 Å². The van der Waals surface area contributed by atoms with Gasteiger partial charge in [0.1, 0.15) is 5.65 Å². The summed E-state index contributed by atoms with van der Waals surface area (Å²) < 4.78 is 0. The van der Waals surface area contributed by atoms with Crippen molar-refractivity contribution in [3.05, 3.63) is 60.4 Å². The van der Waals surface area contributed by atoms with Gasteiger partial charge in [-0.05, 0) is 35.6 Å². The molecule has 3 aromatic rings. The van der Waals surface area contributed by atoms with Crippen LogP contribution in [0.15, 0.2) is 54.9 Å². The molecule has 1 unspecified atom stereocenters. The van der Waals surface area contributed by atoms with E-state index < -0.39 is 0 Å². The Bertz CT molecular complexity index is 978. The third kappa shape index (κ3) is 3.15. The van der Waals surface area contributed by atoms with E-state index in [2.05, 4.69) is 54.8 Å². The number of benzene rings is 1. The van der Waals surface area contributed by atoms with Crippen LogP contribution < -0.4 is 4.90 Å². The van der Waals surface area contributed by atoms with Gasteiger partial charge in [0.05, 0.1) is 0 Å². The molecule has 2 aromatic heterocycles. The fraction of sp³-hybridized carbons (Fsp3) is 0.391. The number of H-pyrrole nitrogens is 1. The van der Waals surface area contributed by atoms with E-state index in [1.165, 1.54) is 0 Å². The van der Waals surface area contributed by atoms with E-state index >= 15 is 0 Å². The van der Waals surface area contributed by atoms with Gasteiger partial charge < -0.3 is 14.8 Å². The Morgan fingerprint density at radius 3 is 2.71 bits per heavy atom. The maximum absolute atomic E-state index is 13.2. The van der Waals surface area contributed by atoms with Gasteiger partial charge in [0.25, 0.3) is 5.91 Å². The first-order valence-corrected chi connectivity index (χ1v) is 9.88. The maximum Gasteiger partial charge on any atom is 0.253 e. The summed E-state index contributed by atoms with van der Waals surface area (Å²) in [6.07, 6.45) is 3.77. The third-order valence-corrected chi connectivity index (χ3v) is 6.44. The average molecular weight is 377 g/mol. The lowest BCUT2D eigenvalue weighted by Crippen LogP contribution is -2.59. The Morgan fingerprint density at radius 2 is 1.96 bits per heavy atom. The van der Waals surface area contributed by atoms with Crippen LogP contribution in [-0.2, 0) is 0 Å². The molecule has 4 rings (SSSR count). The van der Waals surface area contributed by atoms with Gasteiger partial charge in [-0.25, -0.2) is 4.98 Å². The van der Waals surface area contributed by atoms with Gasteiger partial charge in [-0.2, -0.15) is 0 Å². The van der Waals surface area contributed by atoms with Gasteiger partial charge in [0.15, 0.2) is 0 Å². The molecule has 1 saturated heterocycles. The summed E-state index contributed by atoms with van der Waals surface area (Å²) in [5.41, 5.74) is 2.81. The first kappa shape index (κ1) is 18.5. The molecule has 0 saturated carbocycles. The average Bonchev–Trinajstić information content (AvgIpc) is 3.18. The van der Waals surface area contributed by atoms with Crippen LogP contribution in [0.2, 0.25) is 0 Å². The molecule has 1 aliphatic rings. The van der Waals surface area contributed by atoms with E-state index in [0.29, 0.717) is 12.5 Å². The van der Waals surface area contributed by atoms with Crippen molar-refractivity contribution in [2.45, 2.75) is 26.8 Å². The van der Waals surface area contributed by atoms with Crippen molar-refractivity contribution in [3.8, 4) is 0 Å². The number of fused-ring (bicyclic) bond motifs is 1. The second kappa shape index (κ2) is 6.97. The molecule has 1 N–H and O–H groups in total. The zero-order valence-electron chi connectivity index (χ0n) is 17.0. The topological polar surface area (TPSA) is 52.2 Å². The lowest BCUT2D eigenvalue weighted by atomic mass is 9.72. The minimum atomic E-state index is 0.0198. The Morgan fingerprint density at radius 1 is 1.21 bits per heavy atom. The molecule has 1 amide bonds. The van der Waals surface area contributed by atoms with E-state index in [4.69, 9.17) is 0 Å². The van der Waals surface area contributed by atoms with Crippen molar-refractivity contribution in [3.63, 3.8) is 0 Å². The molecule has 2 atom stereocenters. The second-order valence-electron chi connectivity index (χ2n) is 8.58. The van der Waals surface area contributed by atoms with Gasteiger partial charge >= 0.3 is 0 Å². The highest BCUT2D eigenvalue weighted by atomic mass is 16.2. The molecule has 5 nitrogen and oxygen atoms in total. The molecule has 1 fully saturated rings. The highest BCUT2D eigenvalue weighted by Crippen LogP contribution is 2.39. The molecular formula is C23H28N4O. The van der Waals surface area contributed by atoms with E-state index in [1.807, 2.05) is 47.6 Å². The quantitative estimate of drug-likeness (QED) is 0.746. The number of pyridine rings is 1. The number of likely N-dealkylation sites (tertiary alicyclic amines) is 1. The van der Waals surface area contributed by atoms with E-state index in [-0.39, 0.29) is 17.4 Å². The van der Waals surface area contributed by atoms with Crippen LogP contribution in [0.25, 0.3) is 11.0 Å². The highest BCUT2D eigenvalue weighted by Gasteiger charge is 2.43. The number of anilines is 1. The van der Waals surface area contributed by atoms with Crippen molar-refractivity contribution < 1.29 is 4.79 Å². The Kier molecular flexibility index (Phi) is 4.61. The SMILES string of the molecule is C[C@H]1C(N(C)c2ccnc3[nH]ccc23)CN(C(=O)c2ccccc2)CC1(C)C. The molecule has 1 aromatic carbocycles. The standard InChI is InChI=1S/C23H28N4O/c1-16-20(26(4)19-11-13-25-21-18(19)10-12-24-21)14-27(15-23(16,2)3)22(28)17-8-6-5-7-9-17/h5-13,16,20H,14-15H2,1-4H3,(H,24,25)/t16-,20?/m0/s1. The van der Waals surface area contributed by atoms with Crippen LogP contribution in [0.4, 0.5) is 5.69 Å². The molecule has 3 heterocycles. The summed E-state index contributed by atoms with van der Waals surface area (Å²) in [6, 6.07) is 13.9. The summed E-state index contributed by atoms with van der Waals surface area (Å²) in [7, 11) is 2.13. The van der Waals surface area contributed by atoms with E-state index in [1.54, 1.807) is 0 Å². The molecule has 0 bridgehead atoms. The van der Waals surface area contributed by atoms with Crippen LogP contribution in [0.1, 0.15) is 31.1 Å². The number of carbonyl (C=O) groups is 1. The molecule has 1 aliphatic heterocycles. The molecule has 5 heteroatoms. The summed E-state index contributed by atoms with van der Waals surface area (Å²) >= 11 is 0. The van der Waals surface area contributed by atoms with Gasteiger partial charge in [-0.1, -0.05) is 39.0 Å². The van der Waals surface area contributed by atoms with E-state index in [9.17, 15) is 4.79 Å². The number of hydrogen-bond donors (Lipinski definition) is 1. The lowest BCUT2D eigenvalue weighted by molar-refractivity contribution is 0.0337. The number of carbonyl (C=O) groups excluding carboxylic acids is 1. The van der Waals surface area contributed by atoms with Gasteiger partial charge in [0, 0.05) is 55.2 Å². The van der Waals surface area contributed by atoms with Crippen LogP contribution in [0.5, 0.6) is 0 Å². The third-order valence-electron chi connectivity index (χ3n) is 6.44. The maximum atomic E-state index is 13.2. The molecule has 0 spiro atoms. The minimum Gasteiger partial charge on any atom is -0.369 e. The predicted molar refractivity (Wildman–Crippen MR) is 114 cm³/mol. The number of aromatic amines is 1. The number of aromatic nitrogens is 2. The van der Waals surface area contributed by atoms with Crippen LogP contribution in [0.3, 0.4) is 0 Å². The Balaban J connectivity index is 1.67. The Labute approximate surface area is 166 Å². The van der Waals surface area contributed by atoms with Crippen LogP contribution in [0, 0.1) is 11.3 Å². The van der Waals surface area contributed by atoms with Crippen molar-refractivity contribution in [1.29, 1.82) is 0 Å². The number of amides is 1. The zero-order valence-corrected chi connectivity index (χ0v) is 17.0. The first-order valence-electron chi connectivity index (χ1n) is 9.88. The summed E-state index contributed by atoms with van der Waals surface area (Å²) in [5.74, 6) is 0.542. The predicted octanol–water partition coefficient (Wildman–Crippen LogP) is 4.19. The zero-order chi connectivity index (χ0) is 19.9. The monoisotopic (exact) mass is 376 g/mol. The number of nitrogens with zero attached hydrogens (tertiary/aromatic N) is 3. The molecule has 146 valence electrons. The number of rotatable bonds is 3. The van der Waals surface area contributed by atoms with Gasteiger partial charge in [0.2, 0.25) is 0 Å². The largest absolute Gasteiger partial charge is 0.369 e. The highest BCUT2D eigenvalue weighted by molar-refractivity contribution is 5.94. The van der Waals surface area contributed by atoms with Gasteiger partial charge in [-0.3, -0.25) is 4.79 Å². The summed E-state index contributed by atoms with van der Waals surface area (Å²) in [6.45, 7) is 8.31. The number of nitrogens with one attached hydrogen (secondary N) is 1. The first-order chi connectivity index (χ1) is 13.4. The van der Waals surface area contributed by atoms with Crippen LogP contribution in [-0.4, -0.2) is 47.0 Å². The molecular weight excluding hydrogens is 348 g/mol.